The average molecular weight is 553 g/mol. The second-order valence-corrected chi connectivity index (χ2v) is 12.1. The van der Waals surface area contributed by atoms with Gasteiger partial charge in [-0.15, -0.1) is 0 Å². The molecule has 0 heterocycles. The number of unbranched alkanes of at least 4 members (excludes halogenated alkanes) is 12. The molecular formula is C28H57O6PS. The van der Waals surface area contributed by atoms with Crippen LogP contribution in [0.15, 0.2) is 0 Å². The SMILES string of the molecule is CCCCCCCCCCCSC(CCCCCCC)C(C)OCCCOC(O)([PH2]=O)C(=O)OCC. The van der Waals surface area contributed by atoms with E-state index in [9.17, 15) is 14.5 Å². The fraction of sp³-hybridized carbons (Fsp3) is 0.964. The van der Waals surface area contributed by atoms with Gasteiger partial charge in [-0.05, 0) is 38.9 Å². The van der Waals surface area contributed by atoms with Gasteiger partial charge < -0.3 is 23.9 Å². The first-order chi connectivity index (χ1) is 17.4. The van der Waals surface area contributed by atoms with E-state index in [1.165, 1.54) is 102 Å². The van der Waals surface area contributed by atoms with E-state index >= 15 is 0 Å². The van der Waals surface area contributed by atoms with Gasteiger partial charge in [0.1, 0.15) is 8.46 Å². The van der Waals surface area contributed by atoms with Gasteiger partial charge in [-0.3, -0.25) is 0 Å². The molecule has 0 aliphatic rings. The molecule has 216 valence electrons. The highest BCUT2D eigenvalue weighted by atomic mass is 32.2. The average Bonchev–Trinajstić information content (AvgIpc) is 2.88. The van der Waals surface area contributed by atoms with Crippen molar-refractivity contribution in [1.29, 1.82) is 0 Å². The molecule has 0 aromatic heterocycles. The van der Waals surface area contributed by atoms with E-state index in [2.05, 4.69) is 32.5 Å². The zero-order valence-electron chi connectivity index (χ0n) is 23.8. The Morgan fingerprint density at radius 1 is 0.833 bits per heavy atom. The summed E-state index contributed by atoms with van der Waals surface area (Å²) in [4.78, 5) is 11.7. The lowest BCUT2D eigenvalue weighted by Gasteiger charge is -2.25. The maximum absolute atomic E-state index is 11.7. The number of thioether (sulfide) groups is 1. The number of rotatable bonds is 27. The standard InChI is InChI=1S/C28H57O6PS/c1-5-8-10-12-13-14-15-17-19-24-36-26(21-18-16-11-9-6-2)25(4)33-22-20-23-34-28(30,35-31)27(29)32-7-3/h25-26,30H,5-24,35H2,1-4H3. The first-order valence-electron chi connectivity index (χ1n) is 14.7. The Morgan fingerprint density at radius 2 is 1.39 bits per heavy atom. The van der Waals surface area contributed by atoms with Gasteiger partial charge in [0.2, 0.25) is 0 Å². The molecule has 4 unspecified atom stereocenters. The van der Waals surface area contributed by atoms with Crippen molar-refractivity contribution in [2.24, 2.45) is 0 Å². The minimum Gasteiger partial charge on any atom is -0.462 e. The second-order valence-electron chi connectivity index (χ2n) is 9.75. The van der Waals surface area contributed by atoms with E-state index in [1.807, 2.05) is 0 Å². The van der Waals surface area contributed by atoms with E-state index in [4.69, 9.17) is 14.2 Å². The van der Waals surface area contributed by atoms with Gasteiger partial charge in [-0.1, -0.05) is 97.3 Å². The molecule has 0 amide bonds. The van der Waals surface area contributed by atoms with Crippen molar-refractivity contribution in [1.82, 2.24) is 0 Å². The smallest absolute Gasteiger partial charge is 0.374 e. The Hall–Kier alpha value is -0.0700. The molecule has 0 fully saturated rings. The van der Waals surface area contributed by atoms with E-state index in [0.29, 0.717) is 18.3 Å². The molecule has 4 atom stereocenters. The summed E-state index contributed by atoms with van der Waals surface area (Å²) in [5, 5.41) is 10.6. The molecule has 0 aromatic rings. The number of carbonyl (C=O) groups is 1. The summed E-state index contributed by atoms with van der Waals surface area (Å²) in [5.74, 6) is 0.200. The van der Waals surface area contributed by atoms with Crippen molar-refractivity contribution in [2.75, 3.05) is 25.6 Å². The van der Waals surface area contributed by atoms with Gasteiger partial charge in [0, 0.05) is 11.9 Å². The zero-order chi connectivity index (χ0) is 26.9. The fourth-order valence-electron chi connectivity index (χ4n) is 4.09. The van der Waals surface area contributed by atoms with Crippen LogP contribution in [0.4, 0.5) is 0 Å². The molecule has 0 aliphatic carbocycles. The van der Waals surface area contributed by atoms with Gasteiger partial charge in [0.25, 0.3) is 0 Å². The molecule has 36 heavy (non-hydrogen) atoms. The van der Waals surface area contributed by atoms with Crippen molar-refractivity contribution in [3.63, 3.8) is 0 Å². The van der Waals surface area contributed by atoms with Gasteiger partial charge in [0.05, 0.1) is 19.3 Å². The number of esters is 1. The molecule has 8 heteroatoms. The Morgan fingerprint density at radius 3 is 1.94 bits per heavy atom. The monoisotopic (exact) mass is 552 g/mol. The lowest BCUT2D eigenvalue weighted by atomic mass is 10.1. The van der Waals surface area contributed by atoms with E-state index in [0.717, 1.165) is 0 Å². The summed E-state index contributed by atoms with van der Waals surface area (Å²) in [6.07, 6.45) is 20.4. The highest BCUT2D eigenvalue weighted by molar-refractivity contribution is 7.99. The van der Waals surface area contributed by atoms with Crippen molar-refractivity contribution in [3.05, 3.63) is 0 Å². The molecule has 0 aromatic carbocycles. The van der Waals surface area contributed by atoms with Crippen LogP contribution in [0.1, 0.15) is 130 Å². The zero-order valence-corrected chi connectivity index (χ0v) is 25.7. The van der Waals surface area contributed by atoms with E-state index in [1.54, 1.807) is 6.92 Å². The highest BCUT2D eigenvalue weighted by Crippen LogP contribution is 2.26. The Labute approximate surface area is 227 Å². The lowest BCUT2D eigenvalue weighted by Crippen LogP contribution is -2.38. The number of hydrogen-bond donors (Lipinski definition) is 1. The Balaban J connectivity index is 4.29. The molecule has 0 saturated carbocycles. The van der Waals surface area contributed by atoms with Crippen LogP contribution in [0.3, 0.4) is 0 Å². The molecule has 0 radical (unpaired) electrons. The summed E-state index contributed by atoms with van der Waals surface area (Å²) in [7, 11) is -1.86. The molecule has 0 aliphatic heterocycles. The van der Waals surface area contributed by atoms with Crippen LogP contribution < -0.4 is 0 Å². The number of aliphatic hydroxyl groups is 1. The third kappa shape index (κ3) is 19.1. The Kier molecular flexibility index (Phi) is 25.2. The van der Waals surface area contributed by atoms with Crippen LogP contribution in [0, 0.1) is 0 Å². The second kappa shape index (κ2) is 25.2. The van der Waals surface area contributed by atoms with Gasteiger partial charge in [0.15, 0.2) is 0 Å². The largest absolute Gasteiger partial charge is 0.462 e. The molecule has 1 N–H and O–H groups in total. The minimum atomic E-state index is -2.33. The summed E-state index contributed by atoms with van der Waals surface area (Å²) in [5.41, 5.74) is -2.33. The molecule has 0 bridgehead atoms. The van der Waals surface area contributed by atoms with Crippen LogP contribution in [0.25, 0.3) is 0 Å². The van der Waals surface area contributed by atoms with Crippen LogP contribution in [-0.2, 0) is 23.6 Å². The summed E-state index contributed by atoms with van der Waals surface area (Å²) >= 11 is 2.05. The summed E-state index contributed by atoms with van der Waals surface area (Å²) < 4.78 is 27.4. The van der Waals surface area contributed by atoms with E-state index < -0.39 is 20.0 Å². The maximum Gasteiger partial charge on any atom is 0.374 e. The maximum atomic E-state index is 11.7. The van der Waals surface area contributed by atoms with Crippen LogP contribution >= 0.6 is 20.2 Å². The Bertz CT molecular complexity index is 524. The number of carbonyl (C=O) groups excluding carboxylic acids is 1. The number of hydrogen-bond acceptors (Lipinski definition) is 7. The van der Waals surface area contributed by atoms with Crippen molar-refractivity contribution < 1.29 is 28.7 Å². The first-order valence-corrected chi connectivity index (χ1v) is 16.8. The van der Waals surface area contributed by atoms with Gasteiger partial charge in [-0.2, -0.15) is 11.8 Å². The predicted molar refractivity (Wildman–Crippen MR) is 155 cm³/mol. The fourth-order valence-corrected chi connectivity index (χ4v) is 5.81. The summed E-state index contributed by atoms with van der Waals surface area (Å²) in [6, 6.07) is 0. The summed E-state index contributed by atoms with van der Waals surface area (Å²) in [6.45, 7) is 8.95. The molecule has 0 saturated heterocycles. The third-order valence-corrected chi connectivity index (χ3v) is 8.71. The van der Waals surface area contributed by atoms with Crippen LogP contribution in [-0.4, -0.2) is 53.5 Å². The lowest BCUT2D eigenvalue weighted by molar-refractivity contribution is -0.196. The highest BCUT2D eigenvalue weighted by Gasteiger charge is 2.38. The topological polar surface area (TPSA) is 82.1 Å². The van der Waals surface area contributed by atoms with E-state index in [-0.39, 0.29) is 19.3 Å². The van der Waals surface area contributed by atoms with Crippen molar-refractivity contribution >= 4 is 26.2 Å². The minimum absolute atomic E-state index is 0.0878. The van der Waals surface area contributed by atoms with Crippen LogP contribution in [0.2, 0.25) is 0 Å². The van der Waals surface area contributed by atoms with Gasteiger partial charge in [-0.25, -0.2) is 4.79 Å². The van der Waals surface area contributed by atoms with Gasteiger partial charge >= 0.3 is 11.5 Å². The number of ether oxygens (including phenoxy) is 3. The van der Waals surface area contributed by atoms with Crippen molar-refractivity contribution in [3.8, 4) is 0 Å². The molecular weight excluding hydrogens is 495 g/mol. The quantitative estimate of drug-likeness (QED) is 0.0483. The molecule has 6 nitrogen and oxygen atoms in total. The first kappa shape index (κ1) is 35.9. The van der Waals surface area contributed by atoms with Crippen LogP contribution in [0.5, 0.6) is 0 Å². The van der Waals surface area contributed by atoms with Crippen molar-refractivity contribution in [2.45, 2.75) is 147 Å². The third-order valence-electron chi connectivity index (χ3n) is 6.41. The predicted octanol–water partition coefficient (Wildman–Crippen LogP) is 7.76. The normalized spacial score (nSPS) is 15.2. The molecule has 0 spiro atoms. The molecule has 0 rings (SSSR count).